The number of carboxylic acid groups (broad SMARTS) is 1. The van der Waals surface area contributed by atoms with E-state index in [4.69, 9.17) is 9.84 Å². The van der Waals surface area contributed by atoms with Crippen LogP contribution >= 0.6 is 0 Å². The van der Waals surface area contributed by atoms with E-state index in [-0.39, 0.29) is 11.1 Å². The van der Waals surface area contributed by atoms with Crippen molar-refractivity contribution in [2.24, 2.45) is 0 Å². The quantitative estimate of drug-likeness (QED) is 0.931. The zero-order chi connectivity index (χ0) is 15.5. The van der Waals surface area contributed by atoms with Gasteiger partial charge in [-0.2, -0.15) is 0 Å². The maximum atomic E-state index is 10.7. The molecule has 0 saturated carbocycles. The van der Waals surface area contributed by atoms with Crippen molar-refractivity contribution in [1.29, 1.82) is 0 Å². The lowest BCUT2D eigenvalue weighted by atomic mass is 9.87. The largest absolute Gasteiger partial charge is 0.487 e. The highest BCUT2D eigenvalue weighted by Gasteiger charge is 2.12. The predicted octanol–water partition coefficient (Wildman–Crippen LogP) is 3.66. The molecule has 0 unspecified atom stereocenters. The number of rotatable bonds is 4. The van der Waals surface area contributed by atoms with Gasteiger partial charge in [0.15, 0.2) is 0 Å². The van der Waals surface area contributed by atoms with Gasteiger partial charge in [-0.05, 0) is 28.7 Å². The van der Waals surface area contributed by atoms with Gasteiger partial charge in [0.1, 0.15) is 18.1 Å². The first kappa shape index (κ1) is 15.0. The summed E-state index contributed by atoms with van der Waals surface area (Å²) in [6, 6.07) is 11.3. The molecule has 4 heteroatoms. The van der Waals surface area contributed by atoms with Crippen molar-refractivity contribution in [2.75, 3.05) is 0 Å². The van der Waals surface area contributed by atoms with E-state index >= 15 is 0 Å². The third kappa shape index (κ3) is 4.05. The molecule has 0 bridgehead atoms. The molecule has 110 valence electrons. The van der Waals surface area contributed by atoms with Gasteiger partial charge in [0.25, 0.3) is 0 Å². The van der Waals surface area contributed by atoms with Crippen LogP contribution in [0.4, 0.5) is 0 Å². The van der Waals surface area contributed by atoms with Crippen LogP contribution in [-0.2, 0) is 12.0 Å². The van der Waals surface area contributed by atoms with Crippen LogP contribution in [-0.4, -0.2) is 16.1 Å². The molecule has 0 radical (unpaired) electrons. The summed E-state index contributed by atoms with van der Waals surface area (Å²) in [7, 11) is 0. The molecule has 0 aliphatic heterocycles. The van der Waals surface area contributed by atoms with Gasteiger partial charge in [0.05, 0.1) is 6.20 Å². The fourth-order valence-electron chi connectivity index (χ4n) is 1.86. The Morgan fingerprint density at radius 2 is 1.81 bits per heavy atom. The fourth-order valence-corrected chi connectivity index (χ4v) is 1.86. The van der Waals surface area contributed by atoms with Gasteiger partial charge in [0, 0.05) is 0 Å². The van der Waals surface area contributed by atoms with Crippen molar-refractivity contribution in [1.82, 2.24) is 4.98 Å². The SMILES string of the molecule is CC(C)(C)c1ccc(COc2ccc(C(=O)O)nc2)cc1. The molecule has 2 rings (SSSR count). The lowest BCUT2D eigenvalue weighted by Gasteiger charge is -2.19. The van der Waals surface area contributed by atoms with Crippen molar-refractivity contribution in [3.8, 4) is 5.75 Å². The molecule has 0 fully saturated rings. The van der Waals surface area contributed by atoms with Gasteiger partial charge in [-0.3, -0.25) is 0 Å². The molecular weight excluding hydrogens is 266 g/mol. The second-order valence-corrected chi connectivity index (χ2v) is 5.92. The van der Waals surface area contributed by atoms with Crippen LogP contribution in [0.2, 0.25) is 0 Å². The van der Waals surface area contributed by atoms with E-state index in [9.17, 15) is 4.79 Å². The average molecular weight is 285 g/mol. The molecule has 1 heterocycles. The van der Waals surface area contributed by atoms with Crippen molar-refractivity contribution in [3.63, 3.8) is 0 Å². The lowest BCUT2D eigenvalue weighted by molar-refractivity contribution is 0.0690. The second kappa shape index (κ2) is 5.95. The molecule has 21 heavy (non-hydrogen) atoms. The normalized spacial score (nSPS) is 11.2. The van der Waals surface area contributed by atoms with Gasteiger partial charge >= 0.3 is 5.97 Å². The number of aromatic nitrogens is 1. The molecule has 1 aromatic heterocycles. The fraction of sp³-hybridized carbons (Fsp3) is 0.294. The minimum Gasteiger partial charge on any atom is -0.487 e. The van der Waals surface area contributed by atoms with Crippen LogP contribution in [0.5, 0.6) is 5.75 Å². The minimum absolute atomic E-state index is 0.0110. The maximum absolute atomic E-state index is 10.7. The Bertz CT molecular complexity index is 610. The highest BCUT2D eigenvalue weighted by Crippen LogP contribution is 2.22. The summed E-state index contributed by atoms with van der Waals surface area (Å²) in [5.74, 6) is -0.487. The molecule has 1 aromatic carbocycles. The Morgan fingerprint density at radius 1 is 1.14 bits per heavy atom. The zero-order valence-electron chi connectivity index (χ0n) is 12.5. The highest BCUT2D eigenvalue weighted by molar-refractivity contribution is 5.85. The number of hydrogen-bond acceptors (Lipinski definition) is 3. The average Bonchev–Trinajstić information content (AvgIpc) is 2.45. The summed E-state index contributed by atoms with van der Waals surface area (Å²) in [6.07, 6.45) is 1.42. The summed E-state index contributed by atoms with van der Waals surface area (Å²) >= 11 is 0. The summed E-state index contributed by atoms with van der Waals surface area (Å²) in [5.41, 5.74) is 2.48. The molecule has 0 aliphatic carbocycles. The summed E-state index contributed by atoms with van der Waals surface area (Å²) in [4.78, 5) is 14.5. The first-order chi connectivity index (χ1) is 9.86. The smallest absolute Gasteiger partial charge is 0.354 e. The van der Waals surface area contributed by atoms with Crippen LogP contribution < -0.4 is 4.74 Å². The van der Waals surface area contributed by atoms with E-state index in [1.165, 1.54) is 17.8 Å². The van der Waals surface area contributed by atoms with Crippen LogP contribution in [0.1, 0.15) is 42.4 Å². The van der Waals surface area contributed by atoms with Crippen LogP contribution in [0.15, 0.2) is 42.6 Å². The van der Waals surface area contributed by atoms with E-state index < -0.39 is 5.97 Å². The number of pyridine rings is 1. The van der Waals surface area contributed by atoms with E-state index in [1.807, 2.05) is 12.1 Å². The summed E-state index contributed by atoms with van der Waals surface area (Å²) in [6.45, 7) is 6.95. The second-order valence-electron chi connectivity index (χ2n) is 5.92. The Hall–Kier alpha value is -2.36. The van der Waals surface area contributed by atoms with E-state index in [0.717, 1.165) is 5.56 Å². The van der Waals surface area contributed by atoms with Gasteiger partial charge < -0.3 is 9.84 Å². The van der Waals surface area contributed by atoms with Gasteiger partial charge in [-0.25, -0.2) is 9.78 Å². The molecule has 1 N–H and O–H groups in total. The number of benzene rings is 1. The number of ether oxygens (including phenoxy) is 1. The van der Waals surface area contributed by atoms with Crippen molar-refractivity contribution < 1.29 is 14.6 Å². The zero-order valence-corrected chi connectivity index (χ0v) is 12.5. The molecule has 4 nitrogen and oxygen atoms in total. The first-order valence-corrected chi connectivity index (χ1v) is 6.78. The van der Waals surface area contributed by atoms with Gasteiger partial charge in [0.2, 0.25) is 0 Å². The van der Waals surface area contributed by atoms with Crippen LogP contribution in [0.25, 0.3) is 0 Å². The first-order valence-electron chi connectivity index (χ1n) is 6.78. The number of carboxylic acids is 1. The molecule has 0 saturated heterocycles. The van der Waals surface area contributed by atoms with Crippen molar-refractivity contribution >= 4 is 5.97 Å². The molecule has 0 aliphatic rings. The monoisotopic (exact) mass is 285 g/mol. The van der Waals surface area contributed by atoms with Gasteiger partial charge in [-0.15, -0.1) is 0 Å². The number of hydrogen-bond donors (Lipinski definition) is 1. The molecule has 2 aromatic rings. The van der Waals surface area contributed by atoms with Crippen molar-refractivity contribution in [2.45, 2.75) is 32.8 Å². The number of aromatic carboxylic acids is 1. The Morgan fingerprint density at radius 3 is 2.29 bits per heavy atom. The third-order valence-corrected chi connectivity index (χ3v) is 3.18. The molecule has 0 amide bonds. The number of carbonyl (C=O) groups is 1. The minimum atomic E-state index is -1.04. The summed E-state index contributed by atoms with van der Waals surface area (Å²) in [5, 5.41) is 8.77. The molecule has 0 spiro atoms. The van der Waals surface area contributed by atoms with E-state index in [0.29, 0.717) is 12.4 Å². The highest BCUT2D eigenvalue weighted by atomic mass is 16.5. The Labute approximate surface area is 124 Å². The Kier molecular flexibility index (Phi) is 4.26. The van der Waals surface area contributed by atoms with Crippen LogP contribution in [0, 0.1) is 0 Å². The number of nitrogens with zero attached hydrogens (tertiary/aromatic N) is 1. The van der Waals surface area contributed by atoms with Gasteiger partial charge in [-0.1, -0.05) is 45.0 Å². The molecular formula is C17H19NO3. The third-order valence-electron chi connectivity index (χ3n) is 3.18. The summed E-state index contributed by atoms with van der Waals surface area (Å²) < 4.78 is 5.60. The Balaban J connectivity index is 1.98. The van der Waals surface area contributed by atoms with E-state index in [2.05, 4.69) is 37.9 Å². The lowest BCUT2D eigenvalue weighted by Crippen LogP contribution is -2.10. The predicted molar refractivity (Wildman–Crippen MR) is 80.7 cm³/mol. The topological polar surface area (TPSA) is 59.4 Å². The standard InChI is InChI=1S/C17H19NO3/c1-17(2,3)13-6-4-12(5-7-13)11-21-14-8-9-15(16(19)20)18-10-14/h4-10H,11H2,1-3H3,(H,19,20). The van der Waals surface area contributed by atoms with E-state index in [1.54, 1.807) is 6.07 Å². The van der Waals surface area contributed by atoms with Crippen molar-refractivity contribution in [3.05, 3.63) is 59.4 Å². The maximum Gasteiger partial charge on any atom is 0.354 e. The molecule has 0 atom stereocenters. The van der Waals surface area contributed by atoms with Crippen LogP contribution in [0.3, 0.4) is 0 Å².